The van der Waals surface area contributed by atoms with E-state index in [1.54, 1.807) is 11.0 Å². The largest absolute Gasteiger partial charge is 0.396 e. The van der Waals surface area contributed by atoms with E-state index in [2.05, 4.69) is 10.4 Å². The number of anilines is 1. The Hall–Kier alpha value is -2.18. The molecular formula is C15H20N4O2. The molecule has 0 aliphatic rings. The molecule has 2 aromatic rings. The zero-order chi connectivity index (χ0) is 15.2. The van der Waals surface area contributed by atoms with Gasteiger partial charge in [0.15, 0.2) is 0 Å². The van der Waals surface area contributed by atoms with Crippen LogP contribution >= 0.6 is 0 Å². The number of hydrazine groups is 1. The lowest BCUT2D eigenvalue weighted by Crippen LogP contribution is -2.33. The first-order valence-electron chi connectivity index (χ1n) is 6.97. The van der Waals surface area contributed by atoms with E-state index < -0.39 is 0 Å². The van der Waals surface area contributed by atoms with Crippen LogP contribution < -0.4 is 11.3 Å². The highest BCUT2D eigenvalue weighted by atomic mass is 16.3. The van der Waals surface area contributed by atoms with Crippen molar-refractivity contribution in [2.45, 2.75) is 13.3 Å². The Morgan fingerprint density at radius 3 is 2.86 bits per heavy atom. The molecule has 0 aliphatic heterocycles. The van der Waals surface area contributed by atoms with Crippen LogP contribution in [0.3, 0.4) is 0 Å². The summed E-state index contributed by atoms with van der Waals surface area (Å²) >= 11 is 0. The van der Waals surface area contributed by atoms with Crippen LogP contribution in [0, 0.1) is 0 Å². The number of carbonyl (C=O) groups excluding carboxylic acids is 1. The Labute approximate surface area is 123 Å². The Bertz CT molecular complexity index is 630. The maximum absolute atomic E-state index is 12.5. The summed E-state index contributed by atoms with van der Waals surface area (Å²) in [5.74, 6) is 5.83. The van der Waals surface area contributed by atoms with Crippen molar-refractivity contribution in [1.82, 2.24) is 9.88 Å². The second-order valence-electron chi connectivity index (χ2n) is 4.68. The molecule has 0 unspecified atom stereocenters. The van der Waals surface area contributed by atoms with Crippen LogP contribution in [0.2, 0.25) is 0 Å². The van der Waals surface area contributed by atoms with Crippen molar-refractivity contribution in [3.63, 3.8) is 0 Å². The first-order chi connectivity index (χ1) is 10.2. The average molecular weight is 288 g/mol. The minimum atomic E-state index is -0.159. The van der Waals surface area contributed by atoms with Crippen molar-refractivity contribution in [2.24, 2.45) is 5.84 Å². The van der Waals surface area contributed by atoms with Gasteiger partial charge in [-0.1, -0.05) is 24.3 Å². The fourth-order valence-electron chi connectivity index (χ4n) is 2.25. The number of aliphatic hydroxyl groups is 1. The number of nitrogen functional groups attached to an aromatic ring is 1. The molecule has 0 atom stereocenters. The standard InChI is InChI=1S/C15H20N4O2/c1-2-19(8-5-9-20)15(21)13-10-11-6-3-4-7-12(11)14(17-13)18-16/h3-4,6-7,10,20H,2,5,8-9,16H2,1H3,(H,17,18). The molecule has 0 aliphatic carbocycles. The third-order valence-corrected chi connectivity index (χ3v) is 3.35. The van der Waals surface area contributed by atoms with Crippen molar-refractivity contribution in [1.29, 1.82) is 0 Å². The molecule has 0 saturated heterocycles. The number of hydrogen-bond acceptors (Lipinski definition) is 5. The Morgan fingerprint density at radius 1 is 1.43 bits per heavy atom. The first kappa shape index (κ1) is 15.2. The van der Waals surface area contributed by atoms with Gasteiger partial charge in [0.1, 0.15) is 11.5 Å². The third-order valence-electron chi connectivity index (χ3n) is 3.35. The number of rotatable bonds is 6. The van der Waals surface area contributed by atoms with Crippen molar-refractivity contribution in [2.75, 3.05) is 25.1 Å². The highest BCUT2D eigenvalue weighted by Crippen LogP contribution is 2.22. The number of nitrogens with zero attached hydrogens (tertiary/aromatic N) is 2. The maximum atomic E-state index is 12.5. The van der Waals surface area contributed by atoms with Crippen molar-refractivity contribution in [3.05, 3.63) is 36.0 Å². The predicted molar refractivity (Wildman–Crippen MR) is 82.8 cm³/mol. The van der Waals surface area contributed by atoms with Gasteiger partial charge < -0.3 is 15.4 Å². The minimum absolute atomic E-state index is 0.0601. The van der Waals surface area contributed by atoms with Crippen LogP contribution in [0.25, 0.3) is 10.8 Å². The van der Waals surface area contributed by atoms with Crippen LogP contribution in [0.15, 0.2) is 30.3 Å². The molecule has 0 fully saturated rings. The molecular weight excluding hydrogens is 268 g/mol. The van der Waals surface area contributed by atoms with Crippen LogP contribution in [0.1, 0.15) is 23.8 Å². The molecule has 1 heterocycles. The van der Waals surface area contributed by atoms with Gasteiger partial charge in [-0.2, -0.15) is 0 Å². The number of fused-ring (bicyclic) bond motifs is 1. The summed E-state index contributed by atoms with van der Waals surface area (Å²) in [6, 6.07) is 9.38. The van der Waals surface area contributed by atoms with E-state index in [-0.39, 0.29) is 12.5 Å². The molecule has 4 N–H and O–H groups in total. The zero-order valence-electron chi connectivity index (χ0n) is 12.0. The third kappa shape index (κ3) is 3.29. The van der Waals surface area contributed by atoms with Gasteiger partial charge in [0.2, 0.25) is 0 Å². The number of nitrogens with one attached hydrogen (secondary N) is 1. The van der Waals surface area contributed by atoms with Crippen LogP contribution in [0.4, 0.5) is 5.82 Å². The Balaban J connectivity index is 2.38. The van der Waals surface area contributed by atoms with Gasteiger partial charge in [-0.05, 0) is 24.8 Å². The first-order valence-corrected chi connectivity index (χ1v) is 6.97. The molecule has 6 nitrogen and oxygen atoms in total. The second-order valence-corrected chi connectivity index (χ2v) is 4.68. The van der Waals surface area contributed by atoms with E-state index in [1.165, 1.54) is 0 Å². The lowest BCUT2D eigenvalue weighted by atomic mass is 10.1. The topological polar surface area (TPSA) is 91.5 Å². The number of hydrogen-bond donors (Lipinski definition) is 3. The normalized spacial score (nSPS) is 10.6. The van der Waals surface area contributed by atoms with Gasteiger partial charge in [0.25, 0.3) is 5.91 Å². The van der Waals surface area contributed by atoms with Crippen molar-refractivity contribution >= 4 is 22.5 Å². The average Bonchev–Trinajstić information content (AvgIpc) is 2.54. The number of pyridine rings is 1. The molecule has 2 rings (SSSR count). The van der Waals surface area contributed by atoms with Gasteiger partial charge in [-0.3, -0.25) is 4.79 Å². The van der Waals surface area contributed by atoms with E-state index in [4.69, 9.17) is 10.9 Å². The second kappa shape index (κ2) is 7.01. The fourth-order valence-corrected chi connectivity index (χ4v) is 2.25. The summed E-state index contributed by atoms with van der Waals surface area (Å²) in [6.07, 6.45) is 0.551. The number of aromatic nitrogens is 1. The van der Waals surface area contributed by atoms with E-state index in [0.29, 0.717) is 31.0 Å². The lowest BCUT2D eigenvalue weighted by Gasteiger charge is -2.20. The number of amides is 1. The lowest BCUT2D eigenvalue weighted by molar-refractivity contribution is 0.0749. The number of benzene rings is 1. The molecule has 1 amide bonds. The Morgan fingerprint density at radius 2 is 2.19 bits per heavy atom. The Kier molecular flexibility index (Phi) is 5.08. The predicted octanol–water partition coefficient (Wildman–Crippen LogP) is 1.36. The van der Waals surface area contributed by atoms with Crippen molar-refractivity contribution in [3.8, 4) is 0 Å². The molecule has 0 saturated carbocycles. The van der Waals surface area contributed by atoms with E-state index >= 15 is 0 Å². The molecule has 112 valence electrons. The van der Waals surface area contributed by atoms with Gasteiger partial charge in [-0.25, -0.2) is 10.8 Å². The summed E-state index contributed by atoms with van der Waals surface area (Å²) in [6.45, 7) is 3.04. The highest BCUT2D eigenvalue weighted by Gasteiger charge is 2.17. The van der Waals surface area contributed by atoms with Crippen LogP contribution in [-0.2, 0) is 0 Å². The van der Waals surface area contributed by atoms with E-state index in [0.717, 1.165) is 10.8 Å². The van der Waals surface area contributed by atoms with Gasteiger partial charge in [-0.15, -0.1) is 0 Å². The summed E-state index contributed by atoms with van der Waals surface area (Å²) in [7, 11) is 0. The summed E-state index contributed by atoms with van der Waals surface area (Å²) < 4.78 is 0. The molecule has 0 radical (unpaired) electrons. The summed E-state index contributed by atoms with van der Waals surface area (Å²) in [4.78, 5) is 18.5. The van der Waals surface area contributed by atoms with Crippen LogP contribution in [0.5, 0.6) is 0 Å². The van der Waals surface area contributed by atoms with Gasteiger partial charge in [0.05, 0.1) is 0 Å². The van der Waals surface area contributed by atoms with E-state index in [1.807, 2.05) is 31.2 Å². The summed E-state index contributed by atoms with van der Waals surface area (Å²) in [5.41, 5.74) is 2.89. The quantitative estimate of drug-likeness (QED) is 0.551. The fraction of sp³-hybridized carbons (Fsp3) is 0.333. The monoisotopic (exact) mass is 288 g/mol. The van der Waals surface area contributed by atoms with Gasteiger partial charge in [0, 0.05) is 25.1 Å². The smallest absolute Gasteiger partial charge is 0.272 e. The minimum Gasteiger partial charge on any atom is -0.396 e. The number of carbonyl (C=O) groups is 1. The zero-order valence-corrected chi connectivity index (χ0v) is 12.0. The highest BCUT2D eigenvalue weighted by molar-refractivity contribution is 6.00. The van der Waals surface area contributed by atoms with Crippen molar-refractivity contribution < 1.29 is 9.90 Å². The van der Waals surface area contributed by atoms with Crippen LogP contribution in [-0.4, -0.2) is 40.6 Å². The molecule has 21 heavy (non-hydrogen) atoms. The molecule has 6 heteroatoms. The van der Waals surface area contributed by atoms with Gasteiger partial charge >= 0.3 is 0 Å². The molecule has 0 spiro atoms. The summed E-state index contributed by atoms with van der Waals surface area (Å²) in [5, 5.41) is 10.7. The maximum Gasteiger partial charge on any atom is 0.272 e. The number of nitrogens with two attached hydrogens (primary N) is 1. The SMILES string of the molecule is CCN(CCCO)C(=O)c1cc2ccccc2c(NN)n1. The molecule has 1 aromatic carbocycles. The number of aliphatic hydroxyl groups excluding tert-OH is 1. The molecule has 1 aromatic heterocycles. The molecule has 0 bridgehead atoms. The van der Waals surface area contributed by atoms with E-state index in [9.17, 15) is 4.79 Å².